The molecule has 148 valence electrons. The molecule has 4 aromatic rings. The fourth-order valence-electron chi connectivity index (χ4n) is 2.93. The van der Waals surface area contributed by atoms with Gasteiger partial charge < -0.3 is 5.32 Å². The Kier molecular flexibility index (Phi) is 4.89. The molecular formula is C19H16FN5O2S2. The van der Waals surface area contributed by atoms with Crippen molar-refractivity contribution in [3.63, 3.8) is 0 Å². The highest BCUT2D eigenvalue weighted by atomic mass is 32.1. The summed E-state index contributed by atoms with van der Waals surface area (Å²) >= 11 is 2.57. The summed E-state index contributed by atoms with van der Waals surface area (Å²) in [7, 11) is 1.84. The Hall–Kier alpha value is -3.11. The molecule has 7 nitrogen and oxygen atoms in total. The number of amides is 2. The van der Waals surface area contributed by atoms with Crippen molar-refractivity contribution in [1.82, 2.24) is 14.8 Å². The number of hydrogen-bond acceptors (Lipinski definition) is 6. The Morgan fingerprint density at radius 2 is 2.00 bits per heavy atom. The van der Waals surface area contributed by atoms with Gasteiger partial charge in [0.15, 0.2) is 5.13 Å². The number of thiophene rings is 1. The van der Waals surface area contributed by atoms with Gasteiger partial charge in [-0.05, 0) is 31.2 Å². The summed E-state index contributed by atoms with van der Waals surface area (Å²) in [5, 5.41) is 12.6. The molecule has 0 saturated carbocycles. The number of hydrogen-bond donors (Lipinski definition) is 2. The first kappa shape index (κ1) is 19.2. The Balaban J connectivity index is 1.53. The van der Waals surface area contributed by atoms with Crippen LogP contribution in [0.4, 0.5) is 15.2 Å². The van der Waals surface area contributed by atoms with Crippen molar-refractivity contribution in [2.45, 2.75) is 13.8 Å². The van der Waals surface area contributed by atoms with Crippen LogP contribution in [0, 0.1) is 12.7 Å². The van der Waals surface area contributed by atoms with E-state index in [1.165, 1.54) is 35.7 Å². The first-order valence-electron chi connectivity index (χ1n) is 8.59. The van der Waals surface area contributed by atoms with E-state index in [4.69, 9.17) is 0 Å². The number of benzene rings is 1. The summed E-state index contributed by atoms with van der Waals surface area (Å²) in [6.45, 7) is 3.26. The maximum Gasteiger partial charge on any atom is 0.267 e. The molecule has 2 N–H and O–H groups in total. The number of halogens is 1. The Bertz CT molecular complexity index is 1220. The quantitative estimate of drug-likeness (QED) is 0.503. The van der Waals surface area contributed by atoms with Crippen molar-refractivity contribution in [2.24, 2.45) is 7.05 Å². The number of carbonyl (C=O) groups excluding carboxylic acids is 2. The van der Waals surface area contributed by atoms with E-state index < -0.39 is 5.82 Å². The largest absolute Gasteiger partial charge is 0.326 e. The molecule has 4 rings (SSSR count). The van der Waals surface area contributed by atoms with Gasteiger partial charge >= 0.3 is 0 Å². The summed E-state index contributed by atoms with van der Waals surface area (Å²) in [6, 6.07) is 6.20. The highest BCUT2D eigenvalue weighted by Gasteiger charge is 2.17. The van der Waals surface area contributed by atoms with Crippen molar-refractivity contribution >= 4 is 55.5 Å². The van der Waals surface area contributed by atoms with Gasteiger partial charge in [0.05, 0.1) is 16.3 Å². The third-order valence-electron chi connectivity index (χ3n) is 4.21. The summed E-state index contributed by atoms with van der Waals surface area (Å²) in [5.74, 6) is -1.05. The predicted octanol–water partition coefficient (Wildman–Crippen LogP) is 4.42. The number of fused-ring (bicyclic) bond motifs is 1. The Morgan fingerprint density at radius 1 is 1.21 bits per heavy atom. The Labute approximate surface area is 173 Å². The number of nitrogens with one attached hydrogen (secondary N) is 2. The fraction of sp³-hybridized carbons (Fsp3) is 0.158. The fourth-order valence-corrected chi connectivity index (χ4v) is 4.66. The molecule has 0 atom stereocenters. The molecule has 29 heavy (non-hydrogen) atoms. The van der Waals surface area contributed by atoms with Crippen LogP contribution < -0.4 is 10.6 Å². The van der Waals surface area contributed by atoms with Crippen LogP contribution in [0.5, 0.6) is 0 Å². The molecule has 1 aromatic carbocycles. The highest BCUT2D eigenvalue weighted by Crippen LogP contribution is 2.31. The molecule has 10 heteroatoms. The zero-order valence-corrected chi connectivity index (χ0v) is 17.4. The normalized spacial score (nSPS) is 11.0. The molecule has 0 fully saturated rings. The summed E-state index contributed by atoms with van der Waals surface area (Å²) in [5.41, 5.74) is 1.94. The van der Waals surface area contributed by atoms with Crippen LogP contribution in [0.1, 0.15) is 22.3 Å². The molecule has 2 amide bonds. The molecule has 0 saturated heterocycles. The predicted molar refractivity (Wildman–Crippen MR) is 113 cm³/mol. The van der Waals surface area contributed by atoms with Crippen LogP contribution in [-0.4, -0.2) is 26.6 Å². The molecule has 0 unspecified atom stereocenters. The van der Waals surface area contributed by atoms with Crippen LogP contribution >= 0.6 is 22.7 Å². The molecule has 0 aliphatic carbocycles. The minimum atomic E-state index is -0.507. The number of aromatic nitrogens is 3. The first-order valence-corrected chi connectivity index (χ1v) is 10.3. The summed E-state index contributed by atoms with van der Waals surface area (Å²) in [4.78, 5) is 29.5. The zero-order valence-electron chi connectivity index (χ0n) is 15.7. The van der Waals surface area contributed by atoms with E-state index in [9.17, 15) is 14.0 Å². The summed E-state index contributed by atoms with van der Waals surface area (Å²) < 4.78 is 16.2. The van der Waals surface area contributed by atoms with E-state index in [0.29, 0.717) is 27.0 Å². The number of aryl methyl sites for hydroxylation is 2. The molecule has 3 heterocycles. The minimum Gasteiger partial charge on any atom is -0.326 e. The lowest BCUT2D eigenvalue weighted by atomic mass is 10.1. The van der Waals surface area contributed by atoms with Gasteiger partial charge in [-0.2, -0.15) is 5.10 Å². The van der Waals surface area contributed by atoms with Gasteiger partial charge in [0.2, 0.25) is 5.91 Å². The van der Waals surface area contributed by atoms with E-state index in [2.05, 4.69) is 20.7 Å². The highest BCUT2D eigenvalue weighted by molar-refractivity contribution is 7.20. The summed E-state index contributed by atoms with van der Waals surface area (Å²) in [6.07, 6.45) is 0. The lowest BCUT2D eigenvalue weighted by Gasteiger charge is -2.05. The monoisotopic (exact) mass is 429 g/mol. The average molecular weight is 430 g/mol. The number of anilines is 2. The second-order valence-corrected chi connectivity index (χ2v) is 8.30. The van der Waals surface area contributed by atoms with Gasteiger partial charge in [-0.15, -0.1) is 22.7 Å². The molecule has 0 radical (unpaired) electrons. The molecule has 0 bridgehead atoms. The van der Waals surface area contributed by atoms with E-state index in [1.54, 1.807) is 22.2 Å². The SMILES string of the molecule is CC(=O)Nc1ccc(-c2csc(NC(=O)c3cc4c(C)nn(C)c4s3)n2)c(F)c1. The number of rotatable bonds is 4. The van der Waals surface area contributed by atoms with E-state index in [0.717, 1.165) is 15.9 Å². The van der Waals surface area contributed by atoms with Gasteiger partial charge in [0.25, 0.3) is 5.91 Å². The average Bonchev–Trinajstić information content (AvgIpc) is 3.33. The molecule has 0 aliphatic heterocycles. The van der Waals surface area contributed by atoms with Gasteiger partial charge in [0, 0.05) is 36.0 Å². The zero-order chi connectivity index (χ0) is 20.7. The Morgan fingerprint density at radius 3 is 2.69 bits per heavy atom. The second-order valence-electron chi connectivity index (χ2n) is 6.41. The number of carbonyl (C=O) groups is 2. The van der Waals surface area contributed by atoms with Crippen LogP contribution in [0.25, 0.3) is 21.5 Å². The lowest BCUT2D eigenvalue weighted by molar-refractivity contribution is -0.114. The van der Waals surface area contributed by atoms with Crippen molar-refractivity contribution in [3.8, 4) is 11.3 Å². The van der Waals surface area contributed by atoms with Gasteiger partial charge in [0.1, 0.15) is 10.6 Å². The maximum atomic E-state index is 14.4. The van der Waals surface area contributed by atoms with Crippen molar-refractivity contribution < 1.29 is 14.0 Å². The number of thiazole rings is 1. The second kappa shape index (κ2) is 7.37. The van der Waals surface area contributed by atoms with Crippen LogP contribution in [0.2, 0.25) is 0 Å². The number of nitrogens with zero attached hydrogens (tertiary/aromatic N) is 3. The van der Waals surface area contributed by atoms with Gasteiger partial charge in [-0.1, -0.05) is 0 Å². The molecule has 0 spiro atoms. The van der Waals surface area contributed by atoms with Gasteiger partial charge in [-0.25, -0.2) is 9.37 Å². The van der Waals surface area contributed by atoms with Crippen LogP contribution in [-0.2, 0) is 11.8 Å². The van der Waals surface area contributed by atoms with Crippen molar-refractivity contribution in [1.29, 1.82) is 0 Å². The van der Waals surface area contributed by atoms with E-state index >= 15 is 0 Å². The third kappa shape index (κ3) is 3.76. The lowest BCUT2D eigenvalue weighted by Crippen LogP contribution is -2.09. The van der Waals surface area contributed by atoms with Crippen LogP contribution in [0.3, 0.4) is 0 Å². The molecule has 3 aromatic heterocycles. The molecular weight excluding hydrogens is 413 g/mol. The third-order valence-corrected chi connectivity index (χ3v) is 6.17. The first-order chi connectivity index (χ1) is 13.8. The maximum absolute atomic E-state index is 14.4. The molecule has 0 aliphatic rings. The topological polar surface area (TPSA) is 88.9 Å². The minimum absolute atomic E-state index is 0.270. The van der Waals surface area contributed by atoms with Crippen LogP contribution in [0.15, 0.2) is 29.6 Å². The standard InChI is InChI=1S/C19H16FN5O2S2/c1-9-13-7-16(29-18(13)25(3)24-9)17(27)23-19-22-15(8-28-19)12-5-4-11(6-14(12)20)21-10(2)26/h4-8H,1-3H3,(H,21,26)(H,22,23,27). The van der Waals surface area contributed by atoms with E-state index in [1.807, 2.05) is 20.0 Å². The van der Waals surface area contributed by atoms with E-state index in [-0.39, 0.29) is 11.8 Å². The smallest absolute Gasteiger partial charge is 0.267 e. The van der Waals surface area contributed by atoms with Crippen molar-refractivity contribution in [3.05, 3.63) is 46.0 Å². The van der Waals surface area contributed by atoms with Gasteiger partial charge in [-0.3, -0.25) is 19.6 Å². The van der Waals surface area contributed by atoms with Crippen molar-refractivity contribution in [2.75, 3.05) is 10.6 Å².